The fourth-order valence-corrected chi connectivity index (χ4v) is 0.919. The zero-order valence-electron chi connectivity index (χ0n) is 3.83. The second-order valence-electron chi connectivity index (χ2n) is 1.34. The Morgan fingerprint density at radius 2 is 1.57 bits per heavy atom. The summed E-state index contributed by atoms with van der Waals surface area (Å²) >= 11 is 1.76. The number of benzene rings is 1. The summed E-state index contributed by atoms with van der Waals surface area (Å²) in [6.07, 6.45) is 0. The van der Waals surface area contributed by atoms with Gasteiger partial charge in [0, 0.05) is 0 Å². The van der Waals surface area contributed by atoms with Gasteiger partial charge in [0.05, 0.1) is 0 Å². The van der Waals surface area contributed by atoms with Crippen molar-refractivity contribution in [2.45, 2.75) is 0 Å². The topological polar surface area (TPSA) is 0 Å². The van der Waals surface area contributed by atoms with Gasteiger partial charge < -0.3 is 0 Å². The van der Waals surface area contributed by atoms with Crippen molar-refractivity contribution in [3.05, 3.63) is 30.3 Å². The van der Waals surface area contributed by atoms with Crippen LogP contribution in [0.5, 0.6) is 0 Å². The number of hydrogen-bond donors (Lipinski definition) is 0. The SMILES string of the molecule is [Sb][c]1ccccc1. The molecule has 0 aromatic heterocycles. The van der Waals surface area contributed by atoms with Crippen LogP contribution in [-0.2, 0) is 0 Å². The molecule has 0 heterocycles. The minimum atomic E-state index is 1.37. The number of rotatable bonds is 0. The van der Waals surface area contributed by atoms with Crippen molar-refractivity contribution in [1.82, 2.24) is 0 Å². The summed E-state index contributed by atoms with van der Waals surface area (Å²) in [5, 5.41) is 0. The van der Waals surface area contributed by atoms with Gasteiger partial charge in [0.25, 0.3) is 0 Å². The van der Waals surface area contributed by atoms with Gasteiger partial charge in [-0.25, -0.2) is 0 Å². The van der Waals surface area contributed by atoms with Gasteiger partial charge in [-0.05, 0) is 0 Å². The van der Waals surface area contributed by atoms with Crippen molar-refractivity contribution in [3.63, 3.8) is 0 Å². The first-order valence-corrected chi connectivity index (χ1v) is 3.41. The van der Waals surface area contributed by atoms with E-state index >= 15 is 0 Å². The molecule has 0 spiro atoms. The van der Waals surface area contributed by atoms with E-state index in [4.69, 9.17) is 0 Å². The van der Waals surface area contributed by atoms with Crippen molar-refractivity contribution in [2.24, 2.45) is 0 Å². The van der Waals surface area contributed by atoms with E-state index in [2.05, 4.69) is 12.1 Å². The van der Waals surface area contributed by atoms with Gasteiger partial charge >= 0.3 is 56.9 Å². The van der Waals surface area contributed by atoms with Crippen LogP contribution in [0, 0.1) is 0 Å². The predicted octanol–water partition coefficient (Wildman–Crippen LogP) is 0.480. The van der Waals surface area contributed by atoms with Crippen LogP contribution in [0.2, 0.25) is 0 Å². The molecule has 0 aliphatic heterocycles. The van der Waals surface area contributed by atoms with E-state index in [0.29, 0.717) is 0 Å². The average molecular weight is 199 g/mol. The van der Waals surface area contributed by atoms with E-state index in [-0.39, 0.29) is 0 Å². The molecule has 1 heteroatoms. The third kappa shape index (κ3) is 1.52. The van der Waals surface area contributed by atoms with Crippen LogP contribution in [0.15, 0.2) is 30.3 Å². The summed E-state index contributed by atoms with van der Waals surface area (Å²) in [5.74, 6) is 0. The summed E-state index contributed by atoms with van der Waals surface area (Å²) in [7, 11) is 0. The molecule has 7 heavy (non-hydrogen) atoms. The first-order chi connectivity index (χ1) is 3.39. The van der Waals surface area contributed by atoms with Crippen LogP contribution in [-0.4, -0.2) is 23.0 Å². The van der Waals surface area contributed by atoms with E-state index in [0.717, 1.165) is 0 Å². The fraction of sp³-hybridized carbons (Fsp3) is 0. The molecule has 2 radical (unpaired) electrons. The molecule has 0 atom stereocenters. The first-order valence-electron chi connectivity index (χ1n) is 2.13. The van der Waals surface area contributed by atoms with Gasteiger partial charge in [-0.15, -0.1) is 0 Å². The molecular formula is C6H5Sb. The number of hydrogen-bond acceptors (Lipinski definition) is 0. The minimum absolute atomic E-state index is 1.37. The summed E-state index contributed by atoms with van der Waals surface area (Å²) in [5.41, 5.74) is 0. The maximum atomic E-state index is 2.11. The molecule has 0 N–H and O–H groups in total. The van der Waals surface area contributed by atoms with E-state index in [1.54, 1.807) is 23.0 Å². The van der Waals surface area contributed by atoms with Crippen LogP contribution >= 0.6 is 0 Å². The Bertz CT molecular complexity index is 134. The molecule has 0 bridgehead atoms. The monoisotopic (exact) mass is 198 g/mol. The molecule has 1 aromatic rings. The van der Waals surface area contributed by atoms with E-state index in [1.807, 2.05) is 18.2 Å². The van der Waals surface area contributed by atoms with Crippen molar-refractivity contribution in [2.75, 3.05) is 0 Å². The van der Waals surface area contributed by atoms with Gasteiger partial charge in [0.15, 0.2) is 0 Å². The zero-order chi connectivity index (χ0) is 5.11. The Morgan fingerprint density at radius 1 is 1.00 bits per heavy atom. The average Bonchev–Trinajstić information content (AvgIpc) is 1.69. The van der Waals surface area contributed by atoms with E-state index < -0.39 is 0 Å². The van der Waals surface area contributed by atoms with Crippen LogP contribution < -0.4 is 3.51 Å². The third-order valence-corrected chi connectivity index (χ3v) is 1.61. The molecule has 0 saturated carbocycles. The van der Waals surface area contributed by atoms with Crippen molar-refractivity contribution < 1.29 is 0 Å². The van der Waals surface area contributed by atoms with Crippen molar-refractivity contribution in [3.8, 4) is 0 Å². The standard InChI is InChI=1S/C6H5.Sb/c1-2-4-6-5-3-1;/h1-5H;. The van der Waals surface area contributed by atoms with Crippen molar-refractivity contribution in [1.29, 1.82) is 0 Å². The summed E-state index contributed by atoms with van der Waals surface area (Å²) in [4.78, 5) is 0. The predicted molar refractivity (Wildman–Crippen MR) is 31.8 cm³/mol. The van der Waals surface area contributed by atoms with Gasteiger partial charge in [-0.2, -0.15) is 0 Å². The second-order valence-corrected chi connectivity index (χ2v) is 2.81. The molecule has 0 saturated heterocycles. The molecule has 0 nitrogen and oxygen atoms in total. The zero-order valence-corrected chi connectivity index (χ0v) is 6.39. The summed E-state index contributed by atoms with van der Waals surface area (Å²) in [6, 6.07) is 10.3. The van der Waals surface area contributed by atoms with E-state index in [1.165, 1.54) is 3.51 Å². The quantitative estimate of drug-likeness (QED) is 0.533. The Morgan fingerprint density at radius 3 is 1.86 bits per heavy atom. The van der Waals surface area contributed by atoms with Gasteiger partial charge in [-0.1, -0.05) is 0 Å². The van der Waals surface area contributed by atoms with Crippen LogP contribution in [0.25, 0.3) is 0 Å². The first kappa shape index (κ1) is 5.18. The Labute approximate surface area is 57.0 Å². The summed E-state index contributed by atoms with van der Waals surface area (Å²) < 4.78 is 1.37. The van der Waals surface area contributed by atoms with E-state index in [9.17, 15) is 0 Å². The van der Waals surface area contributed by atoms with Crippen LogP contribution in [0.3, 0.4) is 0 Å². The van der Waals surface area contributed by atoms with Gasteiger partial charge in [0.1, 0.15) is 0 Å². The maximum absolute atomic E-state index is 2.11. The second kappa shape index (κ2) is 2.37. The summed E-state index contributed by atoms with van der Waals surface area (Å²) in [6.45, 7) is 0. The van der Waals surface area contributed by atoms with Gasteiger partial charge in [-0.3, -0.25) is 0 Å². The molecule has 0 fully saturated rings. The molecule has 1 rings (SSSR count). The van der Waals surface area contributed by atoms with Gasteiger partial charge in [0.2, 0.25) is 0 Å². The molecule has 0 aliphatic carbocycles. The Kier molecular flexibility index (Phi) is 1.76. The Hall–Kier alpha value is 0.0382. The third-order valence-electron chi connectivity index (χ3n) is 0.756. The fourth-order valence-electron chi connectivity index (χ4n) is 0.428. The van der Waals surface area contributed by atoms with Crippen LogP contribution in [0.1, 0.15) is 0 Å². The van der Waals surface area contributed by atoms with Crippen molar-refractivity contribution >= 4 is 26.5 Å². The molecular weight excluding hydrogens is 194 g/mol. The molecule has 0 amide bonds. The molecule has 1 aromatic carbocycles. The normalized spacial score (nSPS) is 8.71. The molecule has 0 unspecified atom stereocenters. The molecule has 34 valence electrons. The molecule has 0 aliphatic rings. The Balaban J connectivity index is 3.02. The van der Waals surface area contributed by atoms with Crippen LogP contribution in [0.4, 0.5) is 0 Å².